The highest BCUT2D eigenvalue weighted by molar-refractivity contribution is 6.35. The third-order valence-electron chi connectivity index (χ3n) is 3.16. The van der Waals surface area contributed by atoms with Crippen LogP contribution in [-0.4, -0.2) is 36.3 Å². The number of carbonyl (C=O) groups is 2. The maximum Gasteiger partial charge on any atom is 0.231 e. The molecule has 0 spiro atoms. The predicted octanol–water partition coefficient (Wildman–Crippen LogP) is 2.91. The molecule has 0 fully saturated rings. The van der Waals surface area contributed by atoms with E-state index in [1.165, 1.54) is 0 Å². The maximum atomic E-state index is 11.8. The van der Waals surface area contributed by atoms with Crippen molar-refractivity contribution >= 4 is 35.0 Å². The number of nitrogens with one attached hydrogen (secondary N) is 1. The van der Waals surface area contributed by atoms with Gasteiger partial charge in [0, 0.05) is 29.7 Å². The molecule has 0 aromatic heterocycles. The van der Waals surface area contributed by atoms with Crippen LogP contribution in [-0.2, 0) is 16.0 Å². The lowest BCUT2D eigenvalue weighted by molar-refractivity contribution is -0.135. The fraction of sp³-hybridized carbons (Fsp3) is 0.467. The summed E-state index contributed by atoms with van der Waals surface area (Å²) in [5, 5.41) is 3.89. The quantitative estimate of drug-likeness (QED) is 0.781. The molecule has 21 heavy (non-hydrogen) atoms. The van der Waals surface area contributed by atoms with Crippen molar-refractivity contribution in [1.29, 1.82) is 0 Å². The molecule has 0 unspecified atom stereocenters. The second-order valence-electron chi connectivity index (χ2n) is 4.58. The standard InChI is InChI=1S/C15H20Cl2N2O2/c1-3-19(4-2)15(21)10-14(20)18-8-7-11-5-6-12(16)9-13(11)17/h5-6,9H,3-4,7-8,10H2,1-2H3,(H,18,20). The van der Waals surface area contributed by atoms with E-state index >= 15 is 0 Å². The van der Waals surface area contributed by atoms with Crippen LogP contribution in [0.25, 0.3) is 0 Å². The van der Waals surface area contributed by atoms with Crippen molar-refractivity contribution in [2.45, 2.75) is 26.7 Å². The first-order chi connectivity index (χ1) is 9.97. The van der Waals surface area contributed by atoms with Crippen LogP contribution in [0.2, 0.25) is 10.0 Å². The normalized spacial score (nSPS) is 10.3. The highest BCUT2D eigenvalue weighted by atomic mass is 35.5. The van der Waals surface area contributed by atoms with Crippen molar-refractivity contribution in [3.63, 3.8) is 0 Å². The molecule has 0 atom stereocenters. The van der Waals surface area contributed by atoms with Crippen LogP contribution in [0.4, 0.5) is 0 Å². The van der Waals surface area contributed by atoms with Crippen LogP contribution in [0.1, 0.15) is 25.8 Å². The summed E-state index contributed by atoms with van der Waals surface area (Å²) in [4.78, 5) is 25.1. The second kappa shape index (κ2) is 8.90. The molecule has 0 heterocycles. The van der Waals surface area contributed by atoms with Gasteiger partial charge in [0.1, 0.15) is 6.42 Å². The van der Waals surface area contributed by atoms with Crippen molar-refractivity contribution in [3.8, 4) is 0 Å². The lowest BCUT2D eigenvalue weighted by atomic mass is 10.1. The monoisotopic (exact) mass is 330 g/mol. The molecule has 0 bridgehead atoms. The highest BCUT2D eigenvalue weighted by Crippen LogP contribution is 2.20. The van der Waals surface area contributed by atoms with E-state index in [2.05, 4.69) is 5.32 Å². The van der Waals surface area contributed by atoms with Gasteiger partial charge in [0.05, 0.1) is 0 Å². The molecule has 6 heteroatoms. The summed E-state index contributed by atoms with van der Waals surface area (Å²) in [6, 6.07) is 5.26. The number of rotatable bonds is 7. The molecule has 116 valence electrons. The Kier molecular flexibility index (Phi) is 7.54. The van der Waals surface area contributed by atoms with Gasteiger partial charge in [0.15, 0.2) is 0 Å². The Hall–Kier alpha value is -1.26. The molecule has 0 aliphatic carbocycles. The minimum absolute atomic E-state index is 0.115. The molecule has 1 rings (SSSR count). The summed E-state index contributed by atoms with van der Waals surface area (Å²) >= 11 is 11.9. The molecule has 0 saturated carbocycles. The zero-order valence-corrected chi connectivity index (χ0v) is 13.8. The van der Waals surface area contributed by atoms with Crippen molar-refractivity contribution in [2.24, 2.45) is 0 Å². The van der Waals surface area contributed by atoms with Crippen LogP contribution in [0.3, 0.4) is 0 Å². The summed E-state index contributed by atoms with van der Waals surface area (Å²) in [6.45, 7) is 5.45. The molecule has 1 N–H and O–H groups in total. The van der Waals surface area contributed by atoms with Gasteiger partial charge in [-0.15, -0.1) is 0 Å². The predicted molar refractivity (Wildman–Crippen MR) is 85.7 cm³/mol. The molecule has 0 saturated heterocycles. The second-order valence-corrected chi connectivity index (χ2v) is 5.42. The number of hydrogen-bond donors (Lipinski definition) is 1. The SMILES string of the molecule is CCN(CC)C(=O)CC(=O)NCCc1ccc(Cl)cc1Cl. The van der Waals surface area contributed by atoms with Crippen molar-refractivity contribution in [3.05, 3.63) is 33.8 Å². The van der Waals surface area contributed by atoms with E-state index in [4.69, 9.17) is 23.2 Å². The number of benzene rings is 1. The summed E-state index contributed by atoms with van der Waals surface area (Å²) in [5.41, 5.74) is 0.913. The van der Waals surface area contributed by atoms with E-state index < -0.39 is 0 Å². The Balaban J connectivity index is 2.38. The van der Waals surface area contributed by atoms with Gasteiger partial charge < -0.3 is 10.2 Å². The van der Waals surface area contributed by atoms with Crippen LogP contribution in [0, 0.1) is 0 Å². The largest absolute Gasteiger partial charge is 0.355 e. The van der Waals surface area contributed by atoms with Gasteiger partial charge in [-0.3, -0.25) is 9.59 Å². The number of nitrogens with zero attached hydrogens (tertiary/aromatic N) is 1. The molecule has 1 aromatic carbocycles. The van der Waals surface area contributed by atoms with E-state index in [1.54, 1.807) is 17.0 Å². The molecule has 2 amide bonds. The van der Waals surface area contributed by atoms with Crippen LogP contribution in [0.5, 0.6) is 0 Å². The number of hydrogen-bond acceptors (Lipinski definition) is 2. The summed E-state index contributed by atoms with van der Waals surface area (Å²) < 4.78 is 0. The van der Waals surface area contributed by atoms with E-state index in [0.29, 0.717) is 36.1 Å². The van der Waals surface area contributed by atoms with Crippen LogP contribution >= 0.6 is 23.2 Å². The van der Waals surface area contributed by atoms with Crippen molar-refractivity contribution < 1.29 is 9.59 Å². The minimum atomic E-state index is -0.267. The summed E-state index contributed by atoms with van der Waals surface area (Å²) in [6.07, 6.45) is 0.483. The third kappa shape index (κ3) is 5.94. The molecule has 1 aromatic rings. The van der Waals surface area contributed by atoms with Gasteiger partial charge in [0.25, 0.3) is 0 Å². The average molecular weight is 331 g/mol. The lowest BCUT2D eigenvalue weighted by Crippen LogP contribution is -2.36. The van der Waals surface area contributed by atoms with Gasteiger partial charge in [-0.1, -0.05) is 29.3 Å². The Morgan fingerprint density at radius 1 is 1.19 bits per heavy atom. The first-order valence-corrected chi connectivity index (χ1v) is 7.71. The number of carbonyl (C=O) groups excluding carboxylic acids is 2. The number of halogens is 2. The van der Waals surface area contributed by atoms with Crippen molar-refractivity contribution in [1.82, 2.24) is 10.2 Å². The molecular formula is C15H20Cl2N2O2. The fourth-order valence-corrected chi connectivity index (χ4v) is 2.45. The van der Waals surface area contributed by atoms with E-state index in [9.17, 15) is 9.59 Å². The topological polar surface area (TPSA) is 49.4 Å². The molecular weight excluding hydrogens is 311 g/mol. The molecule has 0 aliphatic rings. The van der Waals surface area contributed by atoms with Gasteiger partial charge in [-0.05, 0) is 38.0 Å². The first kappa shape index (κ1) is 17.8. The summed E-state index contributed by atoms with van der Waals surface area (Å²) in [5.74, 6) is -0.418. The lowest BCUT2D eigenvalue weighted by Gasteiger charge is -2.18. The average Bonchev–Trinajstić information content (AvgIpc) is 2.42. The van der Waals surface area contributed by atoms with E-state index in [1.807, 2.05) is 19.9 Å². The van der Waals surface area contributed by atoms with Crippen LogP contribution in [0.15, 0.2) is 18.2 Å². The zero-order chi connectivity index (χ0) is 15.8. The Bertz CT molecular complexity index is 502. The van der Waals surface area contributed by atoms with Gasteiger partial charge in [-0.25, -0.2) is 0 Å². The van der Waals surface area contributed by atoms with E-state index in [0.717, 1.165) is 5.56 Å². The van der Waals surface area contributed by atoms with Crippen LogP contribution < -0.4 is 5.32 Å². The van der Waals surface area contributed by atoms with Gasteiger partial charge in [0.2, 0.25) is 11.8 Å². The number of amides is 2. The third-order valence-corrected chi connectivity index (χ3v) is 3.75. The molecule has 4 nitrogen and oxygen atoms in total. The minimum Gasteiger partial charge on any atom is -0.355 e. The Morgan fingerprint density at radius 3 is 2.43 bits per heavy atom. The Labute approximate surface area is 135 Å². The highest BCUT2D eigenvalue weighted by Gasteiger charge is 2.14. The Morgan fingerprint density at radius 2 is 1.86 bits per heavy atom. The molecule has 0 aliphatic heterocycles. The van der Waals surface area contributed by atoms with Gasteiger partial charge >= 0.3 is 0 Å². The van der Waals surface area contributed by atoms with E-state index in [-0.39, 0.29) is 18.2 Å². The smallest absolute Gasteiger partial charge is 0.231 e. The summed E-state index contributed by atoms with van der Waals surface area (Å²) in [7, 11) is 0. The fourth-order valence-electron chi connectivity index (χ4n) is 1.95. The van der Waals surface area contributed by atoms with Crippen molar-refractivity contribution in [2.75, 3.05) is 19.6 Å². The maximum absolute atomic E-state index is 11.8. The zero-order valence-electron chi connectivity index (χ0n) is 12.3. The first-order valence-electron chi connectivity index (χ1n) is 6.96. The van der Waals surface area contributed by atoms with Gasteiger partial charge in [-0.2, -0.15) is 0 Å². The molecule has 0 radical (unpaired) electrons.